The molecule has 0 aromatic rings. The molecule has 0 aliphatic carbocycles. The molecular weight excluding hydrogens is 325 g/mol. The van der Waals surface area contributed by atoms with Crippen LogP contribution in [0.25, 0.3) is 0 Å². The van der Waals surface area contributed by atoms with Crippen molar-refractivity contribution in [3.63, 3.8) is 0 Å². The SMILES string of the molecule is C.CO[Si](C)C.C[Si](C)(C)O.C[Si](C)C.[Y]. The molecule has 0 heterocycles. The summed E-state index contributed by atoms with van der Waals surface area (Å²) in [6, 6.07) is 0. The smallest absolute Gasteiger partial charge is 0.204 e. The Labute approximate surface area is 134 Å². The van der Waals surface area contributed by atoms with Crippen LogP contribution < -0.4 is 0 Å². The Morgan fingerprint density at radius 1 is 0.938 bits per heavy atom. The van der Waals surface area contributed by atoms with Crippen LogP contribution in [0.3, 0.4) is 0 Å². The predicted octanol–water partition coefficient (Wildman–Crippen LogP) is 3.70. The third-order valence-electron chi connectivity index (χ3n) is 0.408. The third-order valence-corrected chi connectivity index (χ3v) is 1.22. The molecule has 3 radical (unpaired) electrons. The summed E-state index contributed by atoms with van der Waals surface area (Å²) >= 11 is 0. The summed E-state index contributed by atoms with van der Waals surface area (Å²) in [5.41, 5.74) is 0. The maximum atomic E-state index is 8.66. The van der Waals surface area contributed by atoms with Crippen molar-refractivity contribution in [2.24, 2.45) is 0 Å². The van der Waals surface area contributed by atoms with Crippen molar-refractivity contribution in [3.8, 4) is 0 Å². The zero-order valence-electron chi connectivity index (χ0n) is 11.9. The van der Waals surface area contributed by atoms with Crippen LogP contribution in [0.1, 0.15) is 7.43 Å². The van der Waals surface area contributed by atoms with Gasteiger partial charge in [-0.05, 0) is 32.7 Å². The predicted molar refractivity (Wildman–Crippen MR) is 80.1 cm³/mol. The summed E-state index contributed by atoms with van der Waals surface area (Å²) in [5.74, 6) is 0. The molecule has 6 heteroatoms. The largest absolute Gasteiger partial charge is 0.433 e. The van der Waals surface area contributed by atoms with Gasteiger partial charge in [-0.15, -0.1) is 0 Å². The molecule has 0 amide bonds. The minimum Gasteiger partial charge on any atom is -0.433 e. The van der Waals surface area contributed by atoms with Crippen molar-refractivity contribution in [2.45, 2.75) is 59.8 Å². The van der Waals surface area contributed by atoms with Crippen molar-refractivity contribution in [1.29, 1.82) is 0 Å². The van der Waals surface area contributed by atoms with Gasteiger partial charge in [0.25, 0.3) is 0 Å². The van der Waals surface area contributed by atoms with Gasteiger partial charge < -0.3 is 9.22 Å². The van der Waals surface area contributed by atoms with Crippen LogP contribution in [0.2, 0.25) is 52.4 Å². The quantitative estimate of drug-likeness (QED) is 0.725. The number of hydrogen-bond acceptors (Lipinski definition) is 2. The van der Waals surface area contributed by atoms with E-state index in [-0.39, 0.29) is 58.0 Å². The Balaban J connectivity index is -0.0000000358. The van der Waals surface area contributed by atoms with Crippen LogP contribution in [0.5, 0.6) is 0 Å². The molecule has 2 nitrogen and oxygen atoms in total. The molecule has 0 bridgehead atoms. The van der Waals surface area contributed by atoms with E-state index in [1.807, 2.05) is 19.6 Å². The van der Waals surface area contributed by atoms with Crippen molar-refractivity contribution in [1.82, 2.24) is 0 Å². The Hall–Kier alpha value is 1.67. The molecule has 0 spiro atoms. The van der Waals surface area contributed by atoms with E-state index in [4.69, 9.17) is 9.22 Å². The molecule has 0 rings (SSSR count). The van der Waals surface area contributed by atoms with Gasteiger partial charge in [0, 0.05) is 48.6 Å². The van der Waals surface area contributed by atoms with Crippen molar-refractivity contribution >= 4 is 26.2 Å². The Morgan fingerprint density at radius 2 is 1.00 bits per heavy atom. The fourth-order valence-electron chi connectivity index (χ4n) is 0. The van der Waals surface area contributed by atoms with E-state index in [1.165, 1.54) is 0 Å². The second-order valence-electron chi connectivity index (χ2n) is 4.78. The topological polar surface area (TPSA) is 29.5 Å². The number of hydrogen-bond donors (Lipinski definition) is 1. The van der Waals surface area contributed by atoms with E-state index < -0.39 is 8.32 Å². The zero-order chi connectivity index (χ0) is 12.4. The van der Waals surface area contributed by atoms with Crippen molar-refractivity contribution in [3.05, 3.63) is 0 Å². The summed E-state index contributed by atoms with van der Waals surface area (Å²) in [5, 5.41) is 0. The van der Waals surface area contributed by atoms with Crippen LogP contribution >= 0.6 is 0 Å². The minimum atomic E-state index is -1.61. The van der Waals surface area contributed by atoms with Crippen LogP contribution in [-0.4, -0.2) is 38.1 Å². The van der Waals surface area contributed by atoms with Gasteiger partial charge in [-0.25, -0.2) is 0 Å². The average molecular weight is 358 g/mol. The molecule has 99 valence electrons. The molecule has 0 aliphatic heterocycles. The molecule has 0 aromatic heterocycles. The van der Waals surface area contributed by atoms with Gasteiger partial charge >= 0.3 is 0 Å². The van der Waals surface area contributed by atoms with E-state index >= 15 is 0 Å². The minimum absolute atomic E-state index is 0. The second kappa shape index (κ2) is 19.0. The zero-order valence-corrected chi connectivity index (χ0v) is 17.8. The normalized spacial score (nSPS) is 9.00. The summed E-state index contributed by atoms with van der Waals surface area (Å²) < 4.78 is 4.85. The van der Waals surface area contributed by atoms with Crippen LogP contribution in [0, 0.1) is 0 Å². The molecule has 0 saturated carbocycles. The van der Waals surface area contributed by atoms with E-state index in [1.54, 1.807) is 7.11 Å². The standard InChI is InChI=1S/C3H10OSi.C3H9OSi.C3H9Si.CH4.Y/c1-5(2,3)4;1-4-5(2)3;1-4(2)3;;/h4H,1-3H3;1-3H3;1-3H3;1H4;. The summed E-state index contributed by atoms with van der Waals surface area (Å²) in [7, 11) is -0.120. The monoisotopic (exact) mass is 357 g/mol. The average Bonchev–Trinajstić information content (AvgIpc) is 1.82. The molecule has 0 unspecified atom stereocenters. The Bertz CT molecular complexity index is 98.0. The summed E-state index contributed by atoms with van der Waals surface area (Å²) in [6.45, 7) is 16.7. The number of rotatable bonds is 1. The van der Waals surface area contributed by atoms with E-state index in [2.05, 4.69) is 32.7 Å². The molecule has 1 N–H and O–H groups in total. The van der Waals surface area contributed by atoms with Crippen LogP contribution in [-0.2, 0) is 37.1 Å². The van der Waals surface area contributed by atoms with E-state index in [0.29, 0.717) is 0 Å². The fourth-order valence-corrected chi connectivity index (χ4v) is 0. The van der Waals surface area contributed by atoms with Crippen molar-refractivity contribution in [2.75, 3.05) is 7.11 Å². The van der Waals surface area contributed by atoms with Gasteiger partial charge in [0.2, 0.25) is 9.04 Å². The molecular formula is C10H32O2Si3Y. The molecule has 0 aliphatic rings. The first kappa shape index (κ1) is 30.6. The van der Waals surface area contributed by atoms with Gasteiger partial charge in [-0.3, -0.25) is 0 Å². The van der Waals surface area contributed by atoms with E-state index in [9.17, 15) is 0 Å². The first-order valence-corrected chi connectivity index (χ1v) is 13.7. The fraction of sp³-hybridized carbons (Fsp3) is 1.00. The van der Waals surface area contributed by atoms with Gasteiger partial charge in [-0.1, -0.05) is 27.1 Å². The molecule has 0 aromatic carbocycles. The first-order chi connectivity index (χ1) is 6.00. The molecule has 0 fully saturated rings. The maximum Gasteiger partial charge on any atom is 0.204 e. The van der Waals surface area contributed by atoms with Gasteiger partial charge in [0.15, 0.2) is 8.32 Å². The summed E-state index contributed by atoms with van der Waals surface area (Å²) in [4.78, 5) is 8.66. The molecule has 0 atom stereocenters. The Morgan fingerprint density at radius 3 is 1.00 bits per heavy atom. The summed E-state index contributed by atoms with van der Waals surface area (Å²) in [6.07, 6.45) is 0. The van der Waals surface area contributed by atoms with Gasteiger partial charge in [0.05, 0.1) is 0 Å². The van der Waals surface area contributed by atoms with Crippen LogP contribution in [0.15, 0.2) is 0 Å². The third kappa shape index (κ3) is 250. The van der Waals surface area contributed by atoms with Gasteiger partial charge in [-0.2, -0.15) is 0 Å². The second-order valence-corrected chi connectivity index (χ2v) is 14.3. The Kier molecular flexibility index (Phi) is 36.4. The van der Waals surface area contributed by atoms with E-state index in [0.717, 1.165) is 0 Å². The molecule has 16 heavy (non-hydrogen) atoms. The van der Waals surface area contributed by atoms with Crippen molar-refractivity contribution < 1.29 is 41.9 Å². The molecule has 0 saturated heterocycles. The van der Waals surface area contributed by atoms with Gasteiger partial charge in [0.1, 0.15) is 0 Å². The first-order valence-electron chi connectivity index (χ1n) is 4.84. The van der Waals surface area contributed by atoms with Crippen LogP contribution in [0.4, 0.5) is 0 Å². The maximum absolute atomic E-state index is 8.66.